The lowest BCUT2D eigenvalue weighted by Crippen LogP contribution is -2.37. The van der Waals surface area contributed by atoms with Crippen LogP contribution in [0.2, 0.25) is 0 Å². The van der Waals surface area contributed by atoms with E-state index < -0.39 is 11.5 Å². The second kappa shape index (κ2) is 4.40. The number of aliphatic hydroxyl groups excluding tert-OH is 1. The molecule has 2 rings (SSSR count). The van der Waals surface area contributed by atoms with Crippen molar-refractivity contribution in [3.63, 3.8) is 0 Å². The maximum absolute atomic E-state index is 10.5. The molecule has 1 aromatic carbocycles. The van der Waals surface area contributed by atoms with Crippen molar-refractivity contribution >= 4 is 0 Å². The molecule has 0 aliphatic heterocycles. The molecule has 18 heavy (non-hydrogen) atoms. The molecule has 1 unspecified atom stereocenters. The molecule has 0 saturated carbocycles. The smallest absolute Gasteiger partial charge is 0.0912 e. The topological polar surface area (TPSA) is 44.0 Å². The fourth-order valence-electron chi connectivity index (χ4n) is 2.81. The van der Waals surface area contributed by atoms with Crippen molar-refractivity contribution in [2.75, 3.05) is 0 Å². The van der Waals surface area contributed by atoms with E-state index in [0.717, 1.165) is 0 Å². The third-order valence-corrected chi connectivity index (χ3v) is 3.80. The highest BCUT2D eigenvalue weighted by atomic mass is 16.3. The predicted octanol–water partition coefficient (Wildman–Crippen LogP) is 3.09. The first-order valence-corrected chi connectivity index (χ1v) is 6.52. The third kappa shape index (κ3) is 2.42. The van der Waals surface area contributed by atoms with Crippen LogP contribution in [0.5, 0.6) is 0 Å². The van der Waals surface area contributed by atoms with Gasteiger partial charge in [-0.05, 0) is 35.8 Å². The van der Waals surface area contributed by atoms with Crippen LogP contribution in [-0.4, -0.2) is 11.2 Å². The van der Waals surface area contributed by atoms with E-state index in [2.05, 4.69) is 39.0 Å². The summed E-state index contributed by atoms with van der Waals surface area (Å²) in [5.74, 6) is 0. The summed E-state index contributed by atoms with van der Waals surface area (Å²) in [7, 11) is 0. The fourth-order valence-corrected chi connectivity index (χ4v) is 2.81. The number of nitriles is 1. The molecule has 1 N–H and O–H groups in total. The maximum Gasteiger partial charge on any atom is 0.0912 e. The predicted molar refractivity (Wildman–Crippen MR) is 72.0 cm³/mol. The standard InChI is InChI=1S/C16H21NO/c1-15(2,3)10-14(18)16(11-17)8-12-6-4-5-7-13(12)9-16/h4-7,14,18H,8-10H2,1-3H3. The molecule has 96 valence electrons. The van der Waals surface area contributed by atoms with Crippen LogP contribution in [0.15, 0.2) is 24.3 Å². The van der Waals surface area contributed by atoms with E-state index in [1.807, 2.05) is 12.1 Å². The zero-order valence-electron chi connectivity index (χ0n) is 11.4. The highest BCUT2D eigenvalue weighted by Gasteiger charge is 2.44. The zero-order valence-corrected chi connectivity index (χ0v) is 11.4. The lowest BCUT2D eigenvalue weighted by atomic mass is 9.74. The number of rotatable bonds is 2. The van der Waals surface area contributed by atoms with Crippen LogP contribution in [0.3, 0.4) is 0 Å². The SMILES string of the molecule is CC(C)(C)CC(O)C1(C#N)Cc2ccccc2C1. The van der Waals surface area contributed by atoms with Gasteiger partial charge in [0.05, 0.1) is 17.6 Å². The van der Waals surface area contributed by atoms with Gasteiger partial charge in [-0.2, -0.15) is 5.26 Å². The van der Waals surface area contributed by atoms with Crippen molar-refractivity contribution in [2.45, 2.75) is 46.1 Å². The molecule has 0 fully saturated rings. The van der Waals surface area contributed by atoms with Crippen LogP contribution < -0.4 is 0 Å². The van der Waals surface area contributed by atoms with Gasteiger partial charge in [0.1, 0.15) is 0 Å². The van der Waals surface area contributed by atoms with Crippen molar-refractivity contribution in [3.8, 4) is 6.07 Å². The molecule has 0 amide bonds. The summed E-state index contributed by atoms with van der Waals surface area (Å²) in [5.41, 5.74) is 1.84. The summed E-state index contributed by atoms with van der Waals surface area (Å²) < 4.78 is 0. The van der Waals surface area contributed by atoms with Gasteiger partial charge in [-0.15, -0.1) is 0 Å². The maximum atomic E-state index is 10.5. The average Bonchev–Trinajstić information content (AvgIpc) is 2.66. The van der Waals surface area contributed by atoms with Crippen LogP contribution in [0.1, 0.15) is 38.3 Å². The van der Waals surface area contributed by atoms with Crippen LogP contribution in [0.4, 0.5) is 0 Å². The first-order valence-electron chi connectivity index (χ1n) is 6.52. The molecule has 0 spiro atoms. The van der Waals surface area contributed by atoms with Gasteiger partial charge < -0.3 is 5.11 Å². The molecule has 1 aliphatic carbocycles. The van der Waals surface area contributed by atoms with E-state index in [-0.39, 0.29) is 5.41 Å². The van der Waals surface area contributed by atoms with Crippen molar-refractivity contribution in [3.05, 3.63) is 35.4 Å². The largest absolute Gasteiger partial charge is 0.391 e. The van der Waals surface area contributed by atoms with Gasteiger partial charge >= 0.3 is 0 Å². The Bertz CT molecular complexity index is 454. The van der Waals surface area contributed by atoms with E-state index in [1.54, 1.807) is 0 Å². The zero-order chi connectivity index (χ0) is 13.4. The Morgan fingerprint density at radius 2 is 1.78 bits per heavy atom. The molecule has 0 radical (unpaired) electrons. The molecule has 2 nitrogen and oxygen atoms in total. The van der Waals surface area contributed by atoms with Crippen molar-refractivity contribution in [2.24, 2.45) is 10.8 Å². The molecule has 1 aliphatic rings. The molecule has 0 saturated heterocycles. The summed E-state index contributed by atoms with van der Waals surface area (Å²) >= 11 is 0. The molecule has 0 heterocycles. The Hall–Kier alpha value is -1.33. The third-order valence-electron chi connectivity index (χ3n) is 3.80. The summed E-state index contributed by atoms with van der Waals surface area (Å²) in [6, 6.07) is 10.5. The second-order valence-electron chi connectivity index (χ2n) is 6.67. The Balaban J connectivity index is 2.24. The van der Waals surface area contributed by atoms with Gasteiger partial charge in [-0.25, -0.2) is 0 Å². The number of nitrogens with zero attached hydrogens (tertiary/aromatic N) is 1. The number of fused-ring (bicyclic) bond motifs is 1. The van der Waals surface area contributed by atoms with Gasteiger partial charge in [0.2, 0.25) is 0 Å². The number of hydrogen-bond acceptors (Lipinski definition) is 2. The Morgan fingerprint density at radius 3 is 2.17 bits per heavy atom. The summed E-state index contributed by atoms with van der Waals surface area (Å²) in [5, 5.41) is 20.0. The number of hydrogen-bond donors (Lipinski definition) is 1. The lowest BCUT2D eigenvalue weighted by Gasteiger charge is -2.32. The fraction of sp³-hybridized carbons (Fsp3) is 0.562. The van der Waals surface area contributed by atoms with Crippen molar-refractivity contribution < 1.29 is 5.11 Å². The number of aliphatic hydroxyl groups is 1. The summed E-state index contributed by atoms with van der Waals surface area (Å²) in [6.45, 7) is 6.30. The monoisotopic (exact) mass is 243 g/mol. The quantitative estimate of drug-likeness (QED) is 0.867. The van der Waals surface area contributed by atoms with E-state index >= 15 is 0 Å². The van der Waals surface area contributed by atoms with Gasteiger partial charge in [0.15, 0.2) is 0 Å². The molecule has 0 aromatic heterocycles. The van der Waals surface area contributed by atoms with Gasteiger partial charge in [-0.3, -0.25) is 0 Å². The van der Waals surface area contributed by atoms with E-state index in [0.29, 0.717) is 19.3 Å². The molecular weight excluding hydrogens is 222 g/mol. The minimum Gasteiger partial charge on any atom is -0.391 e. The lowest BCUT2D eigenvalue weighted by molar-refractivity contribution is 0.0342. The van der Waals surface area contributed by atoms with Crippen LogP contribution in [-0.2, 0) is 12.8 Å². The van der Waals surface area contributed by atoms with Crippen LogP contribution in [0, 0.1) is 22.2 Å². The van der Waals surface area contributed by atoms with Crippen molar-refractivity contribution in [1.82, 2.24) is 0 Å². The highest BCUT2D eigenvalue weighted by Crippen LogP contribution is 2.42. The first-order chi connectivity index (χ1) is 8.36. The van der Waals surface area contributed by atoms with Crippen molar-refractivity contribution in [1.29, 1.82) is 5.26 Å². The van der Waals surface area contributed by atoms with Gasteiger partial charge in [-0.1, -0.05) is 45.0 Å². The van der Waals surface area contributed by atoms with E-state index in [4.69, 9.17) is 0 Å². The second-order valence-corrected chi connectivity index (χ2v) is 6.67. The van der Waals surface area contributed by atoms with Gasteiger partial charge in [0, 0.05) is 0 Å². The van der Waals surface area contributed by atoms with Crippen LogP contribution >= 0.6 is 0 Å². The highest BCUT2D eigenvalue weighted by molar-refractivity contribution is 5.37. The molecule has 1 aromatic rings. The molecule has 2 heteroatoms. The average molecular weight is 243 g/mol. The Kier molecular flexibility index (Phi) is 3.21. The minimum absolute atomic E-state index is 0.0397. The van der Waals surface area contributed by atoms with E-state index in [1.165, 1.54) is 11.1 Å². The Labute approximate surface area is 109 Å². The molecule has 0 bridgehead atoms. The first kappa shape index (κ1) is 13.1. The molecular formula is C16H21NO. The normalized spacial score (nSPS) is 19.1. The molecule has 1 atom stereocenters. The Morgan fingerprint density at radius 1 is 1.28 bits per heavy atom. The van der Waals surface area contributed by atoms with Gasteiger partial charge in [0.25, 0.3) is 0 Å². The minimum atomic E-state index is -0.628. The summed E-state index contributed by atoms with van der Waals surface area (Å²) in [6.07, 6.45) is 1.46. The van der Waals surface area contributed by atoms with Crippen LogP contribution in [0.25, 0.3) is 0 Å². The number of benzene rings is 1. The summed E-state index contributed by atoms with van der Waals surface area (Å²) in [4.78, 5) is 0. The van der Waals surface area contributed by atoms with E-state index in [9.17, 15) is 10.4 Å².